The summed E-state index contributed by atoms with van der Waals surface area (Å²) in [6, 6.07) is 0.00869. The van der Waals surface area contributed by atoms with Gasteiger partial charge in [-0.15, -0.1) is 6.42 Å². The zero-order valence-corrected chi connectivity index (χ0v) is 6.80. The van der Waals surface area contributed by atoms with Gasteiger partial charge in [-0.2, -0.15) is 0 Å². The smallest absolute Gasteiger partial charge is 0.334 e. The van der Waals surface area contributed by atoms with E-state index in [4.69, 9.17) is 6.42 Å². The third kappa shape index (κ3) is 2.81. The molecule has 4 nitrogen and oxygen atoms in total. The van der Waals surface area contributed by atoms with Crippen molar-refractivity contribution in [2.45, 2.75) is 25.3 Å². The molecule has 0 saturated heterocycles. The van der Waals surface area contributed by atoms with Gasteiger partial charge in [-0.05, 0) is 19.3 Å². The van der Waals surface area contributed by atoms with Gasteiger partial charge in [0, 0.05) is 6.04 Å². The molecule has 1 saturated carbocycles. The minimum absolute atomic E-state index is 0.0953. The number of urea groups is 1. The molecule has 0 spiro atoms. The van der Waals surface area contributed by atoms with Crippen molar-refractivity contribution in [1.29, 1.82) is 0 Å². The van der Waals surface area contributed by atoms with Gasteiger partial charge in [0.05, 0.1) is 0 Å². The van der Waals surface area contributed by atoms with Gasteiger partial charge in [0.1, 0.15) is 6.61 Å². The summed E-state index contributed by atoms with van der Waals surface area (Å²) in [5.41, 5.74) is 2.19. The first kappa shape index (κ1) is 8.88. The summed E-state index contributed by atoms with van der Waals surface area (Å²) in [5.74, 6) is 2.24. The Hall–Kier alpha value is -1.21. The largest absolute Gasteiger partial charge is 0.338 e. The van der Waals surface area contributed by atoms with Crippen LogP contribution in [0.2, 0.25) is 0 Å². The predicted molar refractivity (Wildman–Crippen MR) is 44.1 cm³/mol. The van der Waals surface area contributed by atoms with E-state index in [9.17, 15) is 4.79 Å². The molecule has 0 aliphatic heterocycles. The molecule has 4 heteroatoms. The maximum absolute atomic E-state index is 10.9. The Bertz CT molecular complexity index is 194. The fourth-order valence-corrected chi connectivity index (χ4v) is 0.911. The van der Waals surface area contributed by atoms with E-state index in [1.165, 1.54) is 6.42 Å². The highest BCUT2D eigenvalue weighted by Gasteiger charge is 2.18. The molecule has 0 radical (unpaired) electrons. The average Bonchev–Trinajstić information content (AvgIpc) is 1.98. The first-order valence-electron chi connectivity index (χ1n) is 3.94. The van der Waals surface area contributed by atoms with Crippen molar-refractivity contribution in [2.24, 2.45) is 0 Å². The second-order valence-electron chi connectivity index (χ2n) is 2.70. The van der Waals surface area contributed by atoms with E-state index in [1.807, 2.05) is 0 Å². The highest BCUT2D eigenvalue weighted by molar-refractivity contribution is 5.73. The molecule has 12 heavy (non-hydrogen) atoms. The van der Waals surface area contributed by atoms with Crippen LogP contribution in [0.5, 0.6) is 0 Å². The Morgan fingerprint density at radius 3 is 2.92 bits per heavy atom. The molecule has 0 aromatic carbocycles. The summed E-state index contributed by atoms with van der Waals surface area (Å²) in [6.07, 6.45) is 8.21. The Morgan fingerprint density at radius 1 is 1.67 bits per heavy atom. The summed E-state index contributed by atoms with van der Waals surface area (Å²) >= 11 is 0. The molecule has 0 heterocycles. The lowest BCUT2D eigenvalue weighted by atomic mass is 9.93. The van der Waals surface area contributed by atoms with Crippen molar-refractivity contribution in [3.63, 3.8) is 0 Å². The number of rotatable bonds is 3. The van der Waals surface area contributed by atoms with Gasteiger partial charge in [-0.1, -0.05) is 5.92 Å². The van der Waals surface area contributed by atoms with E-state index in [1.54, 1.807) is 0 Å². The van der Waals surface area contributed by atoms with Crippen molar-refractivity contribution >= 4 is 6.03 Å². The van der Waals surface area contributed by atoms with Crippen molar-refractivity contribution in [1.82, 2.24) is 10.8 Å². The summed E-state index contributed by atoms with van der Waals surface area (Å²) in [4.78, 5) is 15.5. The Labute approximate surface area is 71.6 Å². The Balaban J connectivity index is 2.00. The van der Waals surface area contributed by atoms with Crippen LogP contribution < -0.4 is 10.8 Å². The molecule has 1 aliphatic rings. The molecule has 0 aromatic heterocycles. The second kappa shape index (κ2) is 4.62. The molecule has 0 aromatic rings. The Morgan fingerprint density at radius 2 is 2.42 bits per heavy atom. The number of amides is 2. The summed E-state index contributed by atoms with van der Waals surface area (Å²) in [5, 5.41) is 2.73. The van der Waals surface area contributed by atoms with Crippen LogP contribution in [0.15, 0.2) is 0 Å². The van der Waals surface area contributed by atoms with Crippen LogP contribution in [-0.4, -0.2) is 18.7 Å². The molecule has 1 fully saturated rings. The van der Waals surface area contributed by atoms with Crippen LogP contribution in [0, 0.1) is 12.3 Å². The molecule has 0 atom stereocenters. The SMILES string of the molecule is C#CCONC(=O)NC1CCC1. The van der Waals surface area contributed by atoms with E-state index in [2.05, 4.69) is 21.6 Å². The fraction of sp³-hybridized carbons (Fsp3) is 0.625. The number of terminal acetylenes is 1. The summed E-state index contributed by atoms with van der Waals surface area (Å²) in [6.45, 7) is 0.0953. The summed E-state index contributed by atoms with van der Waals surface area (Å²) < 4.78 is 0. The van der Waals surface area contributed by atoms with Crippen molar-refractivity contribution in [3.8, 4) is 12.3 Å². The normalized spacial score (nSPS) is 15.9. The number of nitrogens with one attached hydrogen (secondary N) is 2. The molecular weight excluding hydrogens is 156 g/mol. The molecule has 1 rings (SSSR count). The van der Waals surface area contributed by atoms with Gasteiger partial charge in [0.2, 0.25) is 0 Å². The monoisotopic (exact) mass is 168 g/mol. The third-order valence-corrected chi connectivity index (χ3v) is 1.76. The van der Waals surface area contributed by atoms with Crippen molar-refractivity contribution in [3.05, 3.63) is 0 Å². The van der Waals surface area contributed by atoms with Gasteiger partial charge >= 0.3 is 6.03 Å². The number of hydrogen-bond donors (Lipinski definition) is 2. The van der Waals surface area contributed by atoms with E-state index in [0.717, 1.165) is 12.8 Å². The highest BCUT2D eigenvalue weighted by atomic mass is 16.7. The molecule has 66 valence electrons. The van der Waals surface area contributed by atoms with Gasteiger partial charge in [0.25, 0.3) is 0 Å². The maximum atomic E-state index is 10.9. The van der Waals surface area contributed by atoms with Crippen molar-refractivity contribution in [2.75, 3.05) is 6.61 Å². The van der Waals surface area contributed by atoms with Gasteiger partial charge in [0.15, 0.2) is 0 Å². The fourth-order valence-electron chi connectivity index (χ4n) is 0.911. The zero-order valence-electron chi connectivity index (χ0n) is 6.80. The Kier molecular flexibility index (Phi) is 3.42. The van der Waals surface area contributed by atoms with Crippen LogP contribution in [0.4, 0.5) is 4.79 Å². The average molecular weight is 168 g/mol. The number of carbonyl (C=O) groups is 1. The van der Waals surface area contributed by atoms with E-state index < -0.39 is 0 Å². The molecule has 2 amide bonds. The number of carbonyl (C=O) groups excluding carboxylic acids is 1. The zero-order chi connectivity index (χ0) is 8.81. The van der Waals surface area contributed by atoms with Crippen LogP contribution in [-0.2, 0) is 4.84 Å². The molecule has 0 unspecified atom stereocenters. The van der Waals surface area contributed by atoms with E-state index >= 15 is 0 Å². The standard InChI is InChI=1S/C8H12N2O2/c1-2-6-12-10-8(11)9-7-4-3-5-7/h1,7H,3-6H2,(H2,9,10,11). The lowest BCUT2D eigenvalue weighted by Gasteiger charge is -2.25. The number of hydroxylamine groups is 1. The second-order valence-corrected chi connectivity index (χ2v) is 2.70. The van der Waals surface area contributed by atoms with Gasteiger partial charge in [-0.25, -0.2) is 10.3 Å². The van der Waals surface area contributed by atoms with Crippen molar-refractivity contribution < 1.29 is 9.63 Å². The molecular formula is C8H12N2O2. The molecule has 2 N–H and O–H groups in total. The molecule has 0 bridgehead atoms. The first-order chi connectivity index (χ1) is 5.83. The van der Waals surface area contributed by atoms with Gasteiger partial charge in [-0.3, -0.25) is 4.84 Å². The third-order valence-electron chi connectivity index (χ3n) is 1.76. The molecule has 1 aliphatic carbocycles. The quantitative estimate of drug-likeness (QED) is 0.364. The van der Waals surface area contributed by atoms with Crippen LogP contribution in [0.1, 0.15) is 19.3 Å². The highest BCUT2D eigenvalue weighted by Crippen LogP contribution is 2.17. The minimum Gasteiger partial charge on any atom is -0.334 e. The summed E-state index contributed by atoms with van der Waals surface area (Å²) in [7, 11) is 0. The minimum atomic E-state index is -0.310. The maximum Gasteiger partial charge on any atom is 0.338 e. The van der Waals surface area contributed by atoms with Crippen LogP contribution >= 0.6 is 0 Å². The first-order valence-corrected chi connectivity index (χ1v) is 3.94. The van der Waals surface area contributed by atoms with Crippen LogP contribution in [0.25, 0.3) is 0 Å². The van der Waals surface area contributed by atoms with Gasteiger partial charge < -0.3 is 5.32 Å². The topological polar surface area (TPSA) is 50.4 Å². The lowest BCUT2D eigenvalue weighted by Crippen LogP contribution is -2.45. The lowest BCUT2D eigenvalue weighted by molar-refractivity contribution is 0.0820. The van der Waals surface area contributed by atoms with E-state index in [-0.39, 0.29) is 12.6 Å². The van der Waals surface area contributed by atoms with E-state index in [0.29, 0.717) is 6.04 Å². The predicted octanol–water partition coefficient (Wildman–Crippen LogP) is 0.403. The number of hydrogen-bond acceptors (Lipinski definition) is 2. The van der Waals surface area contributed by atoms with Crippen LogP contribution in [0.3, 0.4) is 0 Å².